The third-order valence-corrected chi connectivity index (χ3v) is 5.02. The fraction of sp³-hybridized carbons (Fsp3) is 0.188. The zero-order valence-electron chi connectivity index (χ0n) is 11.4. The minimum absolute atomic E-state index is 0.212. The monoisotopic (exact) mass is 385 g/mol. The van der Waals surface area contributed by atoms with Gasteiger partial charge in [0.1, 0.15) is 0 Å². The lowest BCUT2D eigenvalue weighted by atomic mass is 9.93. The molecular weight excluding hydrogens is 373 g/mol. The molecule has 2 rings (SSSR count). The Kier molecular flexibility index (Phi) is 5.31. The Balaban J connectivity index is 2.26. The van der Waals surface area contributed by atoms with Crippen molar-refractivity contribution in [1.82, 2.24) is 5.32 Å². The average molecular weight is 387 g/mol. The number of carbonyl (C=O) groups excluding carboxylic acids is 1. The van der Waals surface area contributed by atoms with Crippen LogP contribution in [0.1, 0.15) is 22.8 Å². The van der Waals surface area contributed by atoms with Crippen LogP contribution >= 0.6 is 39.1 Å². The maximum Gasteiger partial charge on any atom is 0.252 e. The second-order valence-electron chi connectivity index (χ2n) is 4.91. The van der Waals surface area contributed by atoms with Gasteiger partial charge in [0.15, 0.2) is 0 Å². The fourth-order valence-electron chi connectivity index (χ4n) is 1.95. The summed E-state index contributed by atoms with van der Waals surface area (Å²) in [5, 5.41) is 3.47. The van der Waals surface area contributed by atoms with E-state index in [-0.39, 0.29) is 11.8 Å². The molecule has 1 amide bonds. The van der Waals surface area contributed by atoms with E-state index in [2.05, 4.69) is 21.2 Å². The Morgan fingerprint density at radius 3 is 2.48 bits per heavy atom. The summed E-state index contributed by atoms with van der Waals surface area (Å²) in [6.07, 6.45) is 0. The quantitative estimate of drug-likeness (QED) is 0.737. The SMILES string of the molecule is CC(CCl)(NC(=O)c1ccc(Br)c(Cl)c1)c1ccccc1. The molecule has 2 nitrogen and oxygen atoms in total. The topological polar surface area (TPSA) is 29.1 Å². The Hall–Kier alpha value is -1.03. The van der Waals surface area contributed by atoms with Crippen LogP contribution in [0.15, 0.2) is 53.0 Å². The molecule has 2 aromatic rings. The summed E-state index contributed by atoms with van der Waals surface area (Å²) in [6, 6.07) is 14.7. The van der Waals surface area contributed by atoms with Crippen molar-refractivity contribution in [2.24, 2.45) is 0 Å². The van der Waals surface area contributed by atoms with Gasteiger partial charge in [-0.2, -0.15) is 0 Å². The van der Waals surface area contributed by atoms with Gasteiger partial charge in [-0.3, -0.25) is 4.79 Å². The van der Waals surface area contributed by atoms with Crippen molar-refractivity contribution >= 4 is 45.0 Å². The highest BCUT2D eigenvalue weighted by Gasteiger charge is 2.28. The Bertz CT molecular complexity index is 648. The van der Waals surface area contributed by atoms with E-state index >= 15 is 0 Å². The normalized spacial score (nSPS) is 13.5. The summed E-state index contributed by atoms with van der Waals surface area (Å²) in [6.45, 7) is 1.90. The molecule has 0 radical (unpaired) electrons. The second kappa shape index (κ2) is 6.82. The number of halogens is 3. The molecule has 1 unspecified atom stereocenters. The van der Waals surface area contributed by atoms with Gasteiger partial charge in [-0.1, -0.05) is 41.9 Å². The molecule has 0 heterocycles. The van der Waals surface area contributed by atoms with Crippen LogP contribution in [-0.2, 0) is 5.54 Å². The molecule has 0 saturated carbocycles. The predicted molar refractivity (Wildman–Crippen MR) is 91.1 cm³/mol. The first-order valence-electron chi connectivity index (χ1n) is 6.35. The molecule has 0 bridgehead atoms. The van der Waals surface area contributed by atoms with Crippen molar-refractivity contribution in [2.45, 2.75) is 12.5 Å². The standard InChI is InChI=1S/C16H14BrCl2NO/c1-16(10-18,12-5-3-2-4-6-12)20-15(21)11-7-8-13(17)14(19)9-11/h2-9H,10H2,1H3,(H,20,21). The zero-order chi connectivity index (χ0) is 15.5. The Morgan fingerprint density at radius 1 is 1.24 bits per heavy atom. The highest BCUT2D eigenvalue weighted by Crippen LogP contribution is 2.25. The summed E-state index contributed by atoms with van der Waals surface area (Å²) < 4.78 is 0.754. The smallest absolute Gasteiger partial charge is 0.252 e. The minimum atomic E-state index is -0.639. The van der Waals surface area contributed by atoms with Crippen molar-refractivity contribution in [2.75, 3.05) is 5.88 Å². The molecule has 110 valence electrons. The zero-order valence-corrected chi connectivity index (χ0v) is 14.5. The summed E-state index contributed by atoms with van der Waals surface area (Å²) in [7, 11) is 0. The van der Waals surface area contributed by atoms with Gasteiger partial charge < -0.3 is 5.32 Å². The second-order valence-corrected chi connectivity index (χ2v) is 6.44. The molecule has 2 aromatic carbocycles. The molecule has 1 atom stereocenters. The number of rotatable bonds is 4. The van der Waals surface area contributed by atoms with Gasteiger partial charge >= 0.3 is 0 Å². The number of amides is 1. The van der Waals surface area contributed by atoms with Crippen LogP contribution in [0.5, 0.6) is 0 Å². The highest BCUT2D eigenvalue weighted by atomic mass is 79.9. The van der Waals surface area contributed by atoms with Gasteiger partial charge in [0, 0.05) is 15.9 Å². The third-order valence-electron chi connectivity index (χ3n) is 3.25. The number of alkyl halides is 1. The molecule has 0 fully saturated rings. The van der Waals surface area contributed by atoms with Crippen LogP contribution in [0.2, 0.25) is 5.02 Å². The molecule has 1 N–H and O–H groups in total. The molecule has 0 aliphatic carbocycles. The maximum atomic E-state index is 12.4. The molecule has 5 heteroatoms. The molecular formula is C16H14BrCl2NO. The van der Waals surface area contributed by atoms with Gasteiger partial charge in [0.2, 0.25) is 0 Å². The van der Waals surface area contributed by atoms with Crippen LogP contribution < -0.4 is 5.32 Å². The van der Waals surface area contributed by atoms with Gasteiger partial charge in [0.25, 0.3) is 5.91 Å². The van der Waals surface area contributed by atoms with Crippen molar-refractivity contribution in [3.63, 3.8) is 0 Å². The van der Waals surface area contributed by atoms with E-state index in [1.54, 1.807) is 18.2 Å². The van der Waals surface area contributed by atoms with E-state index in [1.807, 2.05) is 37.3 Å². The first-order valence-corrected chi connectivity index (χ1v) is 8.06. The number of carbonyl (C=O) groups is 1. The van der Waals surface area contributed by atoms with Crippen LogP contribution in [-0.4, -0.2) is 11.8 Å². The van der Waals surface area contributed by atoms with Crippen molar-refractivity contribution < 1.29 is 4.79 Å². The third kappa shape index (κ3) is 3.79. The number of nitrogens with one attached hydrogen (secondary N) is 1. The Labute approximate surface area is 142 Å². The van der Waals surface area contributed by atoms with E-state index in [4.69, 9.17) is 23.2 Å². The van der Waals surface area contributed by atoms with Crippen LogP contribution in [0.4, 0.5) is 0 Å². The molecule has 0 spiro atoms. The summed E-state index contributed by atoms with van der Waals surface area (Å²) in [5.41, 5.74) is 0.812. The number of hydrogen-bond acceptors (Lipinski definition) is 1. The van der Waals surface area contributed by atoms with Gasteiger partial charge in [0.05, 0.1) is 10.6 Å². The van der Waals surface area contributed by atoms with Gasteiger partial charge in [-0.25, -0.2) is 0 Å². The largest absolute Gasteiger partial charge is 0.342 e. The average Bonchev–Trinajstić information content (AvgIpc) is 2.50. The molecule has 0 saturated heterocycles. The van der Waals surface area contributed by atoms with E-state index < -0.39 is 5.54 Å². The summed E-state index contributed by atoms with van der Waals surface area (Å²) in [5.74, 6) is 0.0592. The Morgan fingerprint density at radius 2 is 1.90 bits per heavy atom. The van der Waals surface area contributed by atoms with E-state index in [1.165, 1.54) is 0 Å². The molecule has 0 aliphatic heterocycles. The number of hydrogen-bond donors (Lipinski definition) is 1. The minimum Gasteiger partial charge on any atom is -0.342 e. The lowest BCUT2D eigenvalue weighted by Gasteiger charge is -2.29. The van der Waals surface area contributed by atoms with E-state index in [0.717, 1.165) is 10.0 Å². The van der Waals surface area contributed by atoms with Gasteiger partial charge in [-0.05, 0) is 46.6 Å². The highest BCUT2D eigenvalue weighted by molar-refractivity contribution is 9.10. The lowest BCUT2D eigenvalue weighted by Crippen LogP contribution is -2.45. The maximum absolute atomic E-state index is 12.4. The van der Waals surface area contributed by atoms with Crippen molar-refractivity contribution in [3.05, 3.63) is 69.2 Å². The lowest BCUT2D eigenvalue weighted by molar-refractivity contribution is 0.0913. The van der Waals surface area contributed by atoms with E-state index in [0.29, 0.717) is 10.6 Å². The molecule has 0 aliphatic rings. The molecule has 21 heavy (non-hydrogen) atoms. The van der Waals surface area contributed by atoms with Crippen LogP contribution in [0, 0.1) is 0 Å². The summed E-state index contributed by atoms with van der Waals surface area (Å²) >= 11 is 15.4. The predicted octanol–water partition coefficient (Wildman–Crippen LogP) is 4.99. The number of benzene rings is 2. The van der Waals surface area contributed by atoms with Crippen molar-refractivity contribution in [1.29, 1.82) is 0 Å². The van der Waals surface area contributed by atoms with Gasteiger partial charge in [-0.15, -0.1) is 11.6 Å². The van der Waals surface area contributed by atoms with Crippen molar-refractivity contribution in [3.8, 4) is 0 Å². The molecule has 0 aromatic heterocycles. The summed E-state index contributed by atoms with van der Waals surface area (Å²) in [4.78, 5) is 12.4. The van der Waals surface area contributed by atoms with Crippen LogP contribution in [0.25, 0.3) is 0 Å². The fourth-order valence-corrected chi connectivity index (χ4v) is 2.60. The van der Waals surface area contributed by atoms with Crippen LogP contribution in [0.3, 0.4) is 0 Å². The first kappa shape index (κ1) is 16.3. The van der Waals surface area contributed by atoms with E-state index in [9.17, 15) is 4.79 Å². The first-order chi connectivity index (χ1) is 9.96.